The van der Waals surface area contributed by atoms with Crippen LogP contribution in [0.4, 0.5) is 5.69 Å². The molecule has 0 aliphatic rings. The number of carboxylic acids is 1. The molecule has 2 aromatic carbocycles. The summed E-state index contributed by atoms with van der Waals surface area (Å²) in [7, 11) is 1.57. The summed E-state index contributed by atoms with van der Waals surface area (Å²) in [4.78, 5) is 22.7. The van der Waals surface area contributed by atoms with E-state index in [1.54, 1.807) is 31.4 Å². The molecule has 5 nitrogen and oxygen atoms in total. The molecule has 0 spiro atoms. The first-order valence-corrected chi connectivity index (χ1v) is 5.89. The van der Waals surface area contributed by atoms with Gasteiger partial charge in [0.2, 0.25) is 0 Å². The van der Waals surface area contributed by atoms with Crippen LogP contribution in [-0.4, -0.2) is 24.1 Å². The van der Waals surface area contributed by atoms with Gasteiger partial charge in [0.05, 0.1) is 12.7 Å². The van der Waals surface area contributed by atoms with Crippen LogP contribution in [0.3, 0.4) is 0 Å². The van der Waals surface area contributed by atoms with Crippen molar-refractivity contribution in [3.05, 3.63) is 59.7 Å². The summed E-state index contributed by atoms with van der Waals surface area (Å²) in [5, 5.41) is 11.5. The predicted octanol–water partition coefficient (Wildman–Crippen LogP) is 2.65. The maximum Gasteiger partial charge on any atom is 0.335 e. The fraction of sp³-hybridized carbons (Fsp3) is 0.0667. The molecule has 0 heterocycles. The molecule has 0 aliphatic carbocycles. The second-order valence-corrected chi connectivity index (χ2v) is 4.07. The molecule has 102 valence electrons. The number of carbonyl (C=O) groups is 2. The van der Waals surface area contributed by atoms with Crippen LogP contribution >= 0.6 is 0 Å². The van der Waals surface area contributed by atoms with Gasteiger partial charge in [-0.1, -0.05) is 0 Å². The Bertz CT molecular complexity index is 617. The van der Waals surface area contributed by atoms with Crippen molar-refractivity contribution in [2.45, 2.75) is 0 Å². The van der Waals surface area contributed by atoms with E-state index in [0.29, 0.717) is 17.0 Å². The van der Waals surface area contributed by atoms with Crippen LogP contribution < -0.4 is 10.1 Å². The highest BCUT2D eigenvalue weighted by atomic mass is 16.5. The fourth-order valence-electron chi connectivity index (χ4n) is 1.64. The van der Waals surface area contributed by atoms with Gasteiger partial charge in [0, 0.05) is 11.3 Å². The Morgan fingerprint density at radius 2 is 1.50 bits per heavy atom. The standard InChI is InChI=1S/C15H13NO4/c1-20-13-8-6-12(7-9-13)16-14(17)10-2-4-11(5-3-10)15(18)19/h2-9H,1H3,(H,16,17)(H,18,19). The Kier molecular flexibility index (Phi) is 4.00. The van der Waals surface area contributed by atoms with Crippen molar-refractivity contribution in [3.8, 4) is 5.75 Å². The molecule has 0 atom stereocenters. The Labute approximate surface area is 115 Å². The highest BCUT2D eigenvalue weighted by molar-refractivity contribution is 6.04. The van der Waals surface area contributed by atoms with Gasteiger partial charge in [0.25, 0.3) is 5.91 Å². The minimum Gasteiger partial charge on any atom is -0.497 e. The lowest BCUT2D eigenvalue weighted by Crippen LogP contribution is -2.12. The van der Waals surface area contributed by atoms with E-state index in [1.165, 1.54) is 24.3 Å². The molecule has 2 aromatic rings. The van der Waals surface area contributed by atoms with Crippen LogP contribution in [0.25, 0.3) is 0 Å². The van der Waals surface area contributed by atoms with Crippen LogP contribution in [0.15, 0.2) is 48.5 Å². The summed E-state index contributed by atoms with van der Waals surface area (Å²) >= 11 is 0. The van der Waals surface area contributed by atoms with Crippen LogP contribution in [-0.2, 0) is 0 Å². The highest BCUT2D eigenvalue weighted by Gasteiger charge is 2.08. The molecule has 0 fully saturated rings. The number of rotatable bonds is 4. The average Bonchev–Trinajstić information content (AvgIpc) is 2.48. The maximum atomic E-state index is 12.0. The van der Waals surface area contributed by atoms with Crippen LogP contribution in [0.1, 0.15) is 20.7 Å². The first kappa shape index (κ1) is 13.6. The van der Waals surface area contributed by atoms with Crippen LogP contribution in [0.5, 0.6) is 5.75 Å². The summed E-state index contributed by atoms with van der Waals surface area (Å²) in [5.74, 6) is -0.618. The van der Waals surface area contributed by atoms with Crippen molar-refractivity contribution in [1.82, 2.24) is 0 Å². The van der Waals surface area contributed by atoms with E-state index < -0.39 is 5.97 Å². The zero-order chi connectivity index (χ0) is 14.5. The molecule has 0 saturated carbocycles. The average molecular weight is 271 g/mol. The van der Waals surface area contributed by atoms with Gasteiger partial charge >= 0.3 is 5.97 Å². The SMILES string of the molecule is COc1ccc(NC(=O)c2ccc(C(=O)O)cc2)cc1. The third kappa shape index (κ3) is 3.14. The number of carboxylic acid groups (broad SMARTS) is 1. The number of hydrogen-bond acceptors (Lipinski definition) is 3. The van der Waals surface area contributed by atoms with E-state index >= 15 is 0 Å². The summed E-state index contributed by atoms with van der Waals surface area (Å²) < 4.78 is 5.03. The molecular weight excluding hydrogens is 258 g/mol. The number of carbonyl (C=O) groups excluding carboxylic acids is 1. The van der Waals surface area contributed by atoms with Crippen molar-refractivity contribution in [2.24, 2.45) is 0 Å². The second kappa shape index (κ2) is 5.88. The number of nitrogens with one attached hydrogen (secondary N) is 1. The Balaban J connectivity index is 2.08. The number of amides is 1. The molecule has 1 amide bonds. The molecule has 5 heteroatoms. The molecule has 0 aromatic heterocycles. The first-order chi connectivity index (χ1) is 9.60. The second-order valence-electron chi connectivity index (χ2n) is 4.07. The molecular formula is C15H13NO4. The minimum atomic E-state index is -1.02. The summed E-state index contributed by atoms with van der Waals surface area (Å²) in [5.41, 5.74) is 1.18. The van der Waals surface area contributed by atoms with Crippen LogP contribution in [0, 0.1) is 0 Å². The van der Waals surface area contributed by atoms with E-state index in [2.05, 4.69) is 5.32 Å². The molecule has 0 aliphatic heterocycles. The number of aromatic carboxylic acids is 1. The lowest BCUT2D eigenvalue weighted by atomic mass is 10.1. The predicted molar refractivity (Wildman–Crippen MR) is 74.3 cm³/mol. The van der Waals surface area contributed by atoms with Crippen molar-refractivity contribution in [1.29, 1.82) is 0 Å². The first-order valence-electron chi connectivity index (χ1n) is 5.89. The third-order valence-electron chi connectivity index (χ3n) is 2.74. The molecule has 2 rings (SSSR count). The highest BCUT2D eigenvalue weighted by Crippen LogP contribution is 2.16. The van der Waals surface area contributed by atoms with Gasteiger partial charge in [0.15, 0.2) is 0 Å². The Morgan fingerprint density at radius 3 is 2.00 bits per heavy atom. The largest absolute Gasteiger partial charge is 0.497 e. The zero-order valence-corrected chi connectivity index (χ0v) is 10.8. The molecule has 20 heavy (non-hydrogen) atoms. The molecule has 0 saturated heterocycles. The normalized spacial score (nSPS) is 9.85. The maximum absolute atomic E-state index is 12.0. The zero-order valence-electron chi connectivity index (χ0n) is 10.8. The summed E-state index contributed by atoms with van der Waals surface area (Å²) in [6.07, 6.45) is 0. The van der Waals surface area contributed by atoms with Gasteiger partial charge in [-0.3, -0.25) is 4.79 Å². The lowest BCUT2D eigenvalue weighted by Gasteiger charge is -2.06. The lowest BCUT2D eigenvalue weighted by molar-refractivity contribution is 0.0696. The van der Waals surface area contributed by atoms with Gasteiger partial charge < -0.3 is 15.2 Å². The van der Waals surface area contributed by atoms with Gasteiger partial charge in [0.1, 0.15) is 5.75 Å². The summed E-state index contributed by atoms with van der Waals surface area (Å²) in [6.45, 7) is 0. The molecule has 0 radical (unpaired) electrons. The van der Waals surface area contributed by atoms with E-state index in [0.717, 1.165) is 0 Å². The fourth-order valence-corrected chi connectivity index (χ4v) is 1.64. The summed E-state index contributed by atoms with van der Waals surface area (Å²) in [6, 6.07) is 12.7. The Hall–Kier alpha value is -2.82. The molecule has 0 bridgehead atoms. The minimum absolute atomic E-state index is 0.144. The molecule has 0 unspecified atom stereocenters. The van der Waals surface area contributed by atoms with Gasteiger partial charge in [-0.05, 0) is 48.5 Å². The van der Waals surface area contributed by atoms with Crippen molar-refractivity contribution >= 4 is 17.6 Å². The van der Waals surface area contributed by atoms with E-state index in [9.17, 15) is 9.59 Å². The van der Waals surface area contributed by atoms with Crippen LogP contribution in [0.2, 0.25) is 0 Å². The monoisotopic (exact) mass is 271 g/mol. The smallest absolute Gasteiger partial charge is 0.335 e. The van der Waals surface area contributed by atoms with Crippen molar-refractivity contribution < 1.29 is 19.4 Å². The number of benzene rings is 2. The number of methoxy groups -OCH3 is 1. The van der Waals surface area contributed by atoms with Gasteiger partial charge in [-0.15, -0.1) is 0 Å². The van der Waals surface area contributed by atoms with Crippen molar-refractivity contribution in [3.63, 3.8) is 0 Å². The van der Waals surface area contributed by atoms with E-state index in [-0.39, 0.29) is 11.5 Å². The van der Waals surface area contributed by atoms with Crippen molar-refractivity contribution in [2.75, 3.05) is 12.4 Å². The Morgan fingerprint density at radius 1 is 0.950 bits per heavy atom. The quantitative estimate of drug-likeness (QED) is 0.896. The van der Waals surface area contributed by atoms with E-state index in [4.69, 9.17) is 9.84 Å². The molecule has 2 N–H and O–H groups in total. The van der Waals surface area contributed by atoms with E-state index in [1.807, 2.05) is 0 Å². The number of hydrogen-bond donors (Lipinski definition) is 2. The van der Waals surface area contributed by atoms with Gasteiger partial charge in [-0.25, -0.2) is 4.79 Å². The number of anilines is 1. The number of ether oxygens (including phenoxy) is 1. The van der Waals surface area contributed by atoms with Gasteiger partial charge in [-0.2, -0.15) is 0 Å². The third-order valence-corrected chi connectivity index (χ3v) is 2.74. The topological polar surface area (TPSA) is 75.6 Å².